The molecule has 3 heteroatoms. The number of hydrogen-bond acceptors (Lipinski definition) is 1. The highest BCUT2D eigenvalue weighted by atomic mass is 15.1. The second-order valence-electron chi connectivity index (χ2n) is 2.20. The first-order valence-corrected chi connectivity index (χ1v) is 3.95. The lowest BCUT2D eigenvalue weighted by Crippen LogP contribution is -2.27. The summed E-state index contributed by atoms with van der Waals surface area (Å²) in [5.74, 6) is 0.478. The Morgan fingerprint density at radius 1 is 1.55 bits per heavy atom. The molecule has 0 aromatic rings. The van der Waals surface area contributed by atoms with Crippen molar-refractivity contribution in [3.05, 3.63) is 11.8 Å². The lowest BCUT2D eigenvalue weighted by molar-refractivity contribution is 1.01. The number of nitrogens with one attached hydrogen (secondary N) is 1. The fourth-order valence-corrected chi connectivity index (χ4v) is 0.715. The molecule has 0 aromatic carbocycles. The quantitative estimate of drug-likeness (QED) is 0.475. The maximum atomic E-state index is 5.48. The van der Waals surface area contributed by atoms with Gasteiger partial charge in [0, 0.05) is 12.7 Å². The van der Waals surface area contributed by atoms with Gasteiger partial charge in [0.2, 0.25) is 0 Å². The van der Waals surface area contributed by atoms with Crippen LogP contribution in [0.25, 0.3) is 0 Å². The average molecular weight is 155 g/mol. The zero-order valence-electron chi connectivity index (χ0n) is 7.52. The average Bonchev–Trinajstić information content (AvgIpc) is 2.03. The van der Waals surface area contributed by atoms with Gasteiger partial charge in [-0.15, -0.1) is 0 Å². The number of guanidine groups is 1. The molecule has 0 atom stereocenters. The van der Waals surface area contributed by atoms with Crippen LogP contribution in [0, 0.1) is 0 Å². The molecule has 0 aliphatic rings. The summed E-state index contributed by atoms with van der Waals surface area (Å²) in [5, 5.41) is 2.78. The Bertz CT molecular complexity index is 159. The Morgan fingerprint density at radius 3 is 2.55 bits per heavy atom. The van der Waals surface area contributed by atoms with Crippen molar-refractivity contribution in [2.45, 2.75) is 26.7 Å². The maximum Gasteiger partial charge on any atom is 0.193 e. The van der Waals surface area contributed by atoms with Crippen molar-refractivity contribution in [1.29, 1.82) is 0 Å². The van der Waals surface area contributed by atoms with Crippen molar-refractivity contribution in [3.63, 3.8) is 0 Å². The predicted molar refractivity (Wildman–Crippen MR) is 49.3 cm³/mol. The van der Waals surface area contributed by atoms with Crippen LogP contribution in [0.2, 0.25) is 0 Å². The van der Waals surface area contributed by atoms with Gasteiger partial charge in [0.1, 0.15) is 0 Å². The largest absolute Gasteiger partial charge is 0.370 e. The van der Waals surface area contributed by atoms with Crippen LogP contribution in [0.1, 0.15) is 26.7 Å². The highest BCUT2D eigenvalue weighted by Gasteiger charge is 1.90. The lowest BCUT2D eigenvalue weighted by atomic mass is 10.3. The number of allylic oxidation sites excluding steroid dienone is 2. The molecular weight excluding hydrogens is 138 g/mol. The van der Waals surface area contributed by atoms with E-state index in [1.54, 1.807) is 7.05 Å². The molecule has 11 heavy (non-hydrogen) atoms. The van der Waals surface area contributed by atoms with Gasteiger partial charge < -0.3 is 11.1 Å². The molecule has 0 radical (unpaired) electrons. The summed E-state index contributed by atoms with van der Waals surface area (Å²) in [6.07, 6.45) is 4.00. The number of hydrogen-bond donors (Lipinski definition) is 2. The normalized spacial score (nSPS) is 13.4. The fourth-order valence-electron chi connectivity index (χ4n) is 0.715. The van der Waals surface area contributed by atoms with Gasteiger partial charge in [0.05, 0.1) is 0 Å². The van der Waals surface area contributed by atoms with Crippen LogP contribution >= 0.6 is 0 Å². The van der Waals surface area contributed by atoms with E-state index in [1.165, 1.54) is 0 Å². The molecule has 0 aliphatic heterocycles. The Morgan fingerprint density at radius 2 is 2.18 bits per heavy atom. The van der Waals surface area contributed by atoms with Crippen molar-refractivity contribution in [2.75, 3.05) is 7.05 Å². The summed E-state index contributed by atoms with van der Waals surface area (Å²) < 4.78 is 0. The van der Waals surface area contributed by atoms with Gasteiger partial charge in [-0.2, -0.15) is 0 Å². The van der Waals surface area contributed by atoms with Gasteiger partial charge >= 0.3 is 0 Å². The summed E-state index contributed by atoms with van der Waals surface area (Å²) in [6, 6.07) is 0. The van der Waals surface area contributed by atoms with E-state index in [4.69, 9.17) is 5.73 Å². The Kier molecular flexibility index (Phi) is 5.25. The van der Waals surface area contributed by atoms with Crippen LogP contribution in [0.15, 0.2) is 16.8 Å². The molecule has 0 saturated carbocycles. The van der Waals surface area contributed by atoms with Crippen LogP contribution in [-0.4, -0.2) is 13.0 Å². The van der Waals surface area contributed by atoms with Crippen molar-refractivity contribution in [1.82, 2.24) is 5.32 Å². The van der Waals surface area contributed by atoms with E-state index in [0.717, 1.165) is 18.5 Å². The second-order valence-corrected chi connectivity index (χ2v) is 2.20. The SMILES string of the molecule is CC/C=C(CC)/N=C(/N)NC. The van der Waals surface area contributed by atoms with E-state index in [-0.39, 0.29) is 0 Å². The minimum atomic E-state index is 0.478. The maximum absolute atomic E-state index is 5.48. The molecule has 0 rings (SSSR count). The van der Waals surface area contributed by atoms with Gasteiger partial charge in [-0.3, -0.25) is 0 Å². The number of nitrogens with zero attached hydrogens (tertiary/aromatic N) is 1. The fraction of sp³-hybridized carbons (Fsp3) is 0.625. The molecule has 0 aliphatic carbocycles. The zero-order valence-corrected chi connectivity index (χ0v) is 7.52. The lowest BCUT2D eigenvalue weighted by Gasteiger charge is -1.99. The van der Waals surface area contributed by atoms with Crippen LogP contribution in [0.5, 0.6) is 0 Å². The van der Waals surface area contributed by atoms with Gasteiger partial charge in [-0.05, 0) is 12.8 Å². The highest BCUT2D eigenvalue weighted by molar-refractivity contribution is 5.78. The van der Waals surface area contributed by atoms with E-state index >= 15 is 0 Å². The molecule has 0 fully saturated rings. The van der Waals surface area contributed by atoms with Crippen LogP contribution in [0.4, 0.5) is 0 Å². The molecular formula is C8H17N3. The summed E-state index contributed by atoms with van der Waals surface area (Å²) in [4.78, 5) is 4.15. The van der Waals surface area contributed by atoms with E-state index in [0.29, 0.717) is 5.96 Å². The Balaban J connectivity index is 4.17. The van der Waals surface area contributed by atoms with Gasteiger partial charge in [-0.25, -0.2) is 4.99 Å². The van der Waals surface area contributed by atoms with E-state index in [9.17, 15) is 0 Å². The molecule has 0 unspecified atom stereocenters. The molecule has 0 amide bonds. The Hall–Kier alpha value is -0.990. The van der Waals surface area contributed by atoms with E-state index < -0.39 is 0 Å². The van der Waals surface area contributed by atoms with E-state index in [2.05, 4.69) is 30.2 Å². The van der Waals surface area contributed by atoms with Crippen molar-refractivity contribution < 1.29 is 0 Å². The molecule has 3 N–H and O–H groups in total. The smallest absolute Gasteiger partial charge is 0.193 e. The molecule has 0 aromatic heterocycles. The molecule has 64 valence electrons. The summed E-state index contributed by atoms with van der Waals surface area (Å²) in [7, 11) is 1.76. The minimum Gasteiger partial charge on any atom is -0.370 e. The van der Waals surface area contributed by atoms with Crippen LogP contribution in [-0.2, 0) is 0 Å². The number of nitrogens with two attached hydrogens (primary N) is 1. The molecule has 0 bridgehead atoms. The minimum absolute atomic E-state index is 0.478. The van der Waals surface area contributed by atoms with Gasteiger partial charge in [-0.1, -0.05) is 19.9 Å². The first-order valence-electron chi connectivity index (χ1n) is 3.95. The third kappa shape index (κ3) is 4.42. The molecule has 3 nitrogen and oxygen atoms in total. The standard InChI is InChI=1S/C8H17N3/c1-4-6-7(5-2)11-8(9)10-3/h6H,4-5H2,1-3H3,(H3,9,10,11)/b7-6+. The van der Waals surface area contributed by atoms with Crippen LogP contribution in [0.3, 0.4) is 0 Å². The monoisotopic (exact) mass is 155 g/mol. The molecule has 0 saturated heterocycles. The zero-order chi connectivity index (χ0) is 8.69. The number of rotatable bonds is 3. The van der Waals surface area contributed by atoms with Crippen molar-refractivity contribution in [3.8, 4) is 0 Å². The van der Waals surface area contributed by atoms with Gasteiger partial charge in [0.15, 0.2) is 5.96 Å². The van der Waals surface area contributed by atoms with Gasteiger partial charge in [0.25, 0.3) is 0 Å². The van der Waals surface area contributed by atoms with Crippen molar-refractivity contribution in [2.24, 2.45) is 10.7 Å². The summed E-state index contributed by atoms with van der Waals surface area (Å²) in [5.41, 5.74) is 6.52. The third-order valence-electron chi connectivity index (χ3n) is 1.32. The Labute approximate surface area is 68.4 Å². The van der Waals surface area contributed by atoms with Crippen molar-refractivity contribution >= 4 is 5.96 Å². The predicted octanol–water partition coefficient (Wildman–Crippen LogP) is 1.22. The second kappa shape index (κ2) is 5.77. The summed E-state index contributed by atoms with van der Waals surface area (Å²) in [6.45, 7) is 4.15. The molecule has 0 spiro atoms. The third-order valence-corrected chi connectivity index (χ3v) is 1.32. The topological polar surface area (TPSA) is 50.4 Å². The first-order chi connectivity index (χ1) is 5.24. The van der Waals surface area contributed by atoms with Crippen LogP contribution < -0.4 is 11.1 Å². The highest BCUT2D eigenvalue weighted by Crippen LogP contribution is 2.02. The van der Waals surface area contributed by atoms with E-state index in [1.807, 2.05) is 0 Å². The summed E-state index contributed by atoms with van der Waals surface area (Å²) >= 11 is 0. The first kappa shape index (κ1) is 10.0. The number of aliphatic imine (C=N–C) groups is 1. The molecule has 0 heterocycles.